The molecule has 0 aliphatic rings. The van der Waals surface area contributed by atoms with E-state index in [1.165, 1.54) is 0 Å². The fourth-order valence-electron chi connectivity index (χ4n) is 1.77. The maximum atomic E-state index is 11.4. The lowest BCUT2D eigenvalue weighted by atomic mass is 10.3. The van der Waals surface area contributed by atoms with Crippen LogP contribution in [0.15, 0.2) is 30.6 Å². The summed E-state index contributed by atoms with van der Waals surface area (Å²) in [7, 11) is 1.58. The first-order chi connectivity index (χ1) is 9.74. The molecule has 0 saturated carbocycles. The van der Waals surface area contributed by atoms with Gasteiger partial charge in [-0.1, -0.05) is 13.0 Å². The molecule has 6 heteroatoms. The van der Waals surface area contributed by atoms with Gasteiger partial charge in [-0.15, -0.1) is 0 Å². The molecule has 1 amide bonds. The molecule has 0 aliphatic heterocycles. The lowest BCUT2D eigenvalue weighted by Gasteiger charge is -2.04. The Labute approximate surface area is 118 Å². The Morgan fingerprint density at radius 3 is 2.85 bits per heavy atom. The molecule has 6 nitrogen and oxygen atoms in total. The van der Waals surface area contributed by atoms with Gasteiger partial charge in [0.25, 0.3) is 5.91 Å². The summed E-state index contributed by atoms with van der Waals surface area (Å²) >= 11 is 0. The molecule has 2 N–H and O–H groups in total. The van der Waals surface area contributed by atoms with E-state index >= 15 is 0 Å². The Kier molecular flexibility index (Phi) is 4.84. The molecule has 0 aliphatic carbocycles. The number of rotatable bonds is 6. The van der Waals surface area contributed by atoms with E-state index in [-0.39, 0.29) is 5.91 Å². The van der Waals surface area contributed by atoms with E-state index < -0.39 is 0 Å². The van der Waals surface area contributed by atoms with Crippen LogP contribution in [0.1, 0.15) is 29.4 Å². The summed E-state index contributed by atoms with van der Waals surface area (Å²) in [5.74, 6) is 0.489. The van der Waals surface area contributed by atoms with Crippen LogP contribution < -0.4 is 10.6 Å². The van der Waals surface area contributed by atoms with Crippen molar-refractivity contribution in [2.24, 2.45) is 0 Å². The zero-order valence-corrected chi connectivity index (χ0v) is 11.8. The lowest BCUT2D eigenvalue weighted by molar-refractivity contribution is 0.0957. The van der Waals surface area contributed by atoms with Crippen LogP contribution >= 0.6 is 0 Å². The maximum absolute atomic E-state index is 11.4. The highest BCUT2D eigenvalue weighted by Crippen LogP contribution is 2.06. The van der Waals surface area contributed by atoms with Gasteiger partial charge in [-0.25, -0.2) is 9.67 Å². The van der Waals surface area contributed by atoms with Gasteiger partial charge in [0.05, 0.1) is 0 Å². The molecule has 2 rings (SSSR count). The summed E-state index contributed by atoms with van der Waals surface area (Å²) < 4.78 is 1.59. The van der Waals surface area contributed by atoms with Crippen LogP contribution in [-0.2, 0) is 6.54 Å². The summed E-state index contributed by atoms with van der Waals surface area (Å²) in [6, 6.07) is 5.56. The van der Waals surface area contributed by atoms with Gasteiger partial charge in [-0.2, -0.15) is 5.10 Å². The first kappa shape index (κ1) is 14.2. The van der Waals surface area contributed by atoms with Gasteiger partial charge in [-0.3, -0.25) is 4.79 Å². The van der Waals surface area contributed by atoms with Crippen LogP contribution in [0, 0.1) is 0 Å². The molecule has 0 bridgehead atoms. The minimum Gasteiger partial charge on any atom is -0.354 e. The second kappa shape index (κ2) is 6.81. The summed E-state index contributed by atoms with van der Waals surface area (Å²) in [5.41, 5.74) is 1.50. The average Bonchev–Trinajstić information content (AvgIpc) is 2.97. The number of hydrogen-bond donors (Lipinski definition) is 2. The highest BCUT2D eigenvalue weighted by Gasteiger charge is 2.08. The molecule has 20 heavy (non-hydrogen) atoms. The van der Waals surface area contributed by atoms with Crippen LogP contribution in [0.5, 0.6) is 0 Å². The van der Waals surface area contributed by atoms with Gasteiger partial charge in [0.15, 0.2) is 11.5 Å². The van der Waals surface area contributed by atoms with E-state index in [1.54, 1.807) is 24.0 Å². The van der Waals surface area contributed by atoms with E-state index in [4.69, 9.17) is 0 Å². The molecule has 2 aromatic rings. The van der Waals surface area contributed by atoms with Crippen molar-refractivity contribution < 1.29 is 4.79 Å². The highest BCUT2D eigenvalue weighted by atomic mass is 16.1. The number of nitrogens with one attached hydrogen (secondary N) is 2. The van der Waals surface area contributed by atoms with Gasteiger partial charge in [-0.05, 0) is 30.7 Å². The largest absolute Gasteiger partial charge is 0.354 e. The van der Waals surface area contributed by atoms with Crippen molar-refractivity contribution in [1.29, 1.82) is 0 Å². The SMILES string of the molecule is CCCNCc1ccc(-n2ccc(C(=O)NC)n2)nc1. The molecule has 0 atom stereocenters. The summed E-state index contributed by atoms with van der Waals surface area (Å²) in [6.07, 6.45) is 4.65. The summed E-state index contributed by atoms with van der Waals surface area (Å²) in [6.45, 7) is 3.94. The number of aromatic nitrogens is 3. The predicted octanol–water partition coefficient (Wildman–Crippen LogP) is 1.13. The normalized spacial score (nSPS) is 10.5. The molecule has 2 heterocycles. The number of carbonyl (C=O) groups excluding carboxylic acids is 1. The molecule has 0 radical (unpaired) electrons. The first-order valence-corrected chi connectivity index (χ1v) is 6.68. The second-order valence-corrected chi connectivity index (χ2v) is 4.43. The van der Waals surface area contributed by atoms with Crippen molar-refractivity contribution in [2.45, 2.75) is 19.9 Å². The second-order valence-electron chi connectivity index (χ2n) is 4.43. The van der Waals surface area contributed by atoms with Crippen LogP contribution in [0.4, 0.5) is 0 Å². The van der Waals surface area contributed by atoms with E-state index in [2.05, 4.69) is 27.6 Å². The zero-order valence-electron chi connectivity index (χ0n) is 11.8. The molecule has 2 aromatic heterocycles. The molecule has 0 fully saturated rings. The number of pyridine rings is 1. The van der Waals surface area contributed by atoms with Crippen LogP contribution in [-0.4, -0.2) is 34.3 Å². The monoisotopic (exact) mass is 273 g/mol. The minimum absolute atomic E-state index is 0.205. The third-order valence-corrected chi connectivity index (χ3v) is 2.85. The van der Waals surface area contributed by atoms with E-state index in [9.17, 15) is 4.79 Å². The third-order valence-electron chi connectivity index (χ3n) is 2.85. The Morgan fingerprint density at radius 2 is 2.20 bits per heavy atom. The first-order valence-electron chi connectivity index (χ1n) is 6.68. The molecule has 0 aromatic carbocycles. The molecule has 0 saturated heterocycles. The quantitative estimate of drug-likeness (QED) is 0.774. The Balaban J connectivity index is 2.06. The lowest BCUT2D eigenvalue weighted by Crippen LogP contribution is -2.18. The summed E-state index contributed by atoms with van der Waals surface area (Å²) in [5, 5.41) is 10.0. The van der Waals surface area contributed by atoms with Crippen molar-refractivity contribution in [3.05, 3.63) is 41.9 Å². The number of hydrogen-bond acceptors (Lipinski definition) is 4. The van der Waals surface area contributed by atoms with Crippen molar-refractivity contribution in [1.82, 2.24) is 25.4 Å². The fourth-order valence-corrected chi connectivity index (χ4v) is 1.77. The zero-order chi connectivity index (χ0) is 14.4. The van der Waals surface area contributed by atoms with E-state index in [1.807, 2.05) is 18.3 Å². The maximum Gasteiger partial charge on any atom is 0.271 e. The predicted molar refractivity (Wildman–Crippen MR) is 76.7 cm³/mol. The van der Waals surface area contributed by atoms with E-state index in [0.29, 0.717) is 11.5 Å². The number of nitrogens with zero attached hydrogens (tertiary/aromatic N) is 3. The van der Waals surface area contributed by atoms with Crippen molar-refractivity contribution in [3.8, 4) is 5.82 Å². The van der Waals surface area contributed by atoms with Crippen molar-refractivity contribution in [3.63, 3.8) is 0 Å². The van der Waals surface area contributed by atoms with Crippen molar-refractivity contribution >= 4 is 5.91 Å². The number of carbonyl (C=O) groups is 1. The smallest absolute Gasteiger partial charge is 0.271 e. The van der Waals surface area contributed by atoms with Crippen molar-refractivity contribution in [2.75, 3.05) is 13.6 Å². The van der Waals surface area contributed by atoms with E-state index in [0.717, 1.165) is 25.1 Å². The minimum atomic E-state index is -0.205. The topological polar surface area (TPSA) is 71.8 Å². The van der Waals surface area contributed by atoms with Gasteiger partial charge in [0, 0.05) is 26.0 Å². The van der Waals surface area contributed by atoms with Gasteiger partial charge in [0.2, 0.25) is 0 Å². The Hall–Kier alpha value is -2.21. The van der Waals surface area contributed by atoms with Gasteiger partial charge >= 0.3 is 0 Å². The number of amides is 1. The standard InChI is InChI=1S/C14H19N5O/c1-3-7-16-9-11-4-5-13(17-10-11)19-8-6-12(18-19)14(20)15-2/h4-6,8,10,16H,3,7,9H2,1-2H3,(H,15,20). The molecule has 0 spiro atoms. The molecule has 106 valence electrons. The highest BCUT2D eigenvalue weighted by molar-refractivity contribution is 5.91. The molecular formula is C14H19N5O. The van der Waals surface area contributed by atoms with Gasteiger partial charge < -0.3 is 10.6 Å². The van der Waals surface area contributed by atoms with Crippen LogP contribution in [0.3, 0.4) is 0 Å². The van der Waals surface area contributed by atoms with Crippen LogP contribution in [0.25, 0.3) is 5.82 Å². The Bertz CT molecular complexity index is 561. The average molecular weight is 273 g/mol. The molecular weight excluding hydrogens is 254 g/mol. The molecule has 0 unspecified atom stereocenters. The Morgan fingerprint density at radius 1 is 1.35 bits per heavy atom. The third kappa shape index (κ3) is 3.42. The summed E-state index contributed by atoms with van der Waals surface area (Å²) in [4.78, 5) is 15.8. The fraction of sp³-hybridized carbons (Fsp3) is 0.357. The van der Waals surface area contributed by atoms with Crippen LogP contribution in [0.2, 0.25) is 0 Å². The van der Waals surface area contributed by atoms with Gasteiger partial charge in [0.1, 0.15) is 0 Å².